The first kappa shape index (κ1) is 15.5. The van der Waals surface area contributed by atoms with E-state index in [2.05, 4.69) is 15.1 Å². The fourth-order valence-corrected chi connectivity index (χ4v) is 3.05. The van der Waals surface area contributed by atoms with Crippen molar-refractivity contribution >= 4 is 11.8 Å². The fourth-order valence-electron chi connectivity index (χ4n) is 2.20. The fraction of sp³-hybridized carbons (Fsp3) is 0.188. The quantitative estimate of drug-likeness (QED) is 0.590. The molecule has 3 rings (SSSR count). The van der Waals surface area contributed by atoms with Crippen LogP contribution in [0.1, 0.15) is 17.1 Å². The third kappa shape index (κ3) is 3.68. The van der Waals surface area contributed by atoms with Gasteiger partial charge in [-0.15, -0.1) is 0 Å². The van der Waals surface area contributed by atoms with Crippen LogP contribution in [0.15, 0.2) is 46.3 Å². The van der Waals surface area contributed by atoms with Crippen molar-refractivity contribution in [2.24, 2.45) is 0 Å². The monoisotopic (exact) mass is 330 g/mol. The van der Waals surface area contributed by atoms with Crippen LogP contribution in [-0.4, -0.2) is 19.7 Å². The van der Waals surface area contributed by atoms with E-state index in [9.17, 15) is 9.18 Å². The lowest BCUT2D eigenvalue weighted by Crippen LogP contribution is -2.13. The summed E-state index contributed by atoms with van der Waals surface area (Å²) in [6.07, 6.45) is 0. The molecule has 1 N–H and O–H groups in total. The predicted octanol–water partition coefficient (Wildman–Crippen LogP) is 3.00. The molecule has 0 atom stereocenters. The summed E-state index contributed by atoms with van der Waals surface area (Å²) in [5.41, 5.74) is 2.99. The number of nitrogens with one attached hydrogen (secondary N) is 1. The van der Waals surface area contributed by atoms with E-state index >= 15 is 0 Å². The van der Waals surface area contributed by atoms with Gasteiger partial charge in [0.2, 0.25) is 0 Å². The van der Waals surface area contributed by atoms with Crippen LogP contribution in [0.5, 0.6) is 0 Å². The zero-order valence-corrected chi connectivity index (χ0v) is 13.5. The van der Waals surface area contributed by atoms with Crippen molar-refractivity contribution in [2.75, 3.05) is 0 Å². The normalized spacial score (nSPS) is 10.9. The second kappa shape index (κ2) is 6.37. The third-order valence-corrected chi connectivity index (χ3v) is 4.07. The molecule has 23 heavy (non-hydrogen) atoms. The molecule has 0 aliphatic carbocycles. The molecule has 7 heteroatoms. The average molecular weight is 330 g/mol. The van der Waals surface area contributed by atoms with Crippen molar-refractivity contribution in [2.45, 2.75) is 24.8 Å². The Morgan fingerprint density at radius 2 is 1.78 bits per heavy atom. The molecule has 0 saturated carbocycles. The van der Waals surface area contributed by atoms with Crippen LogP contribution in [-0.2, 0) is 5.75 Å². The number of rotatable bonds is 4. The number of H-pyrrole nitrogens is 1. The third-order valence-electron chi connectivity index (χ3n) is 3.18. The Kier molecular flexibility index (Phi) is 4.29. The van der Waals surface area contributed by atoms with E-state index in [1.54, 1.807) is 12.1 Å². The molecule has 0 radical (unpaired) electrons. The Morgan fingerprint density at radius 1 is 1.13 bits per heavy atom. The minimum Gasteiger partial charge on any atom is -0.294 e. The summed E-state index contributed by atoms with van der Waals surface area (Å²) >= 11 is 1.46. The van der Waals surface area contributed by atoms with Gasteiger partial charge in [-0.3, -0.25) is 9.89 Å². The van der Waals surface area contributed by atoms with Crippen LogP contribution < -0.4 is 5.56 Å². The highest BCUT2D eigenvalue weighted by Crippen LogP contribution is 2.18. The standard InChI is InChI=1S/C16H15FN4OS/c1-10-7-11(2)19-16(18-10)23-9-13-8-15(22)21(20-13)14-5-3-12(17)4-6-14/h3-8,20H,9H2,1-2H3. The molecule has 3 aromatic rings. The molecular formula is C16H15FN4OS. The number of nitrogens with zero attached hydrogens (tertiary/aromatic N) is 3. The van der Waals surface area contributed by atoms with E-state index in [-0.39, 0.29) is 11.4 Å². The van der Waals surface area contributed by atoms with Gasteiger partial charge in [-0.05, 0) is 44.2 Å². The smallest absolute Gasteiger partial charge is 0.271 e. The van der Waals surface area contributed by atoms with Gasteiger partial charge in [0.25, 0.3) is 5.56 Å². The van der Waals surface area contributed by atoms with Crippen molar-refractivity contribution in [3.8, 4) is 5.69 Å². The van der Waals surface area contributed by atoms with Crippen LogP contribution >= 0.6 is 11.8 Å². The zero-order chi connectivity index (χ0) is 16.4. The second-order valence-corrected chi connectivity index (χ2v) is 6.10. The molecule has 2 aromatic heterocycles. The molecule has 5 nitrogen and oxygen atoms in total. The number of benzene rings is 1. The summed E-state index contributed by atoms with van der Waals surface area (Å²) in [6.45, 7) is 3.84. The molecule has 0 aliphatic rings. The minimum atomic E-state index is -0.337. The van der Waals surface area contributed by atoms with E-state index in [1.807, 2.05) is 19.9 Å². The molecule has 0 fully saturated rings. The van der Waals surface area contributed by atoms with Crippen LogP contribution in [0.25, 0.3) is 5.69 Å². The molecule has 0 unspecified atom stereocenters. The van der Waals surface area contributed by atoms with Crippen LogP contribution in [0.3, 0.4) is 0 Å². The van der Waals surface area contributed by atoms with Gasteiger partial charge in [0.1, 0.15) is 5.82 Å². The highest BCUT2D eigenvalue weighted by atomic mass is 32.2. The first-order valence-corrected chi connectivity index (χ1v) is 8.02. The summed E-state index contributed by atoms with van der Waals surface area (Å²) in [7, 11) is 0. The lowest BCUT2D eigenvalue weighted by atomic mass is 10.3. The van der Waals surface area contributed by atoms with E-state index in [0.717, 1.165) is 17.1 Å². The largest absolute Gasteiger partial charge is 0.294 e. The summed E-state index contributed by atoms with van der Waals surface area (Å²) < 4.78 is 14.4. The molecule has 0 amide bonds. The van der Waals surface area contributed by atoms with Crippen LogP contribution in [0.2, 0.25) is 0 Å². The van der Waals surface area contributed by atoms with E-state index < -0.39 is 0 Å². The summed E-state index contributed by atoms with van der Waals surface area (Å²) in [6, 6.07) is 9.19. The van der Waals surface area contributed by atoms with Gasteiger partial charge >= 0.3 is 0 Å². The topological polar surface area (TPSA) is 63.6 Å². The van der Waals surface area contributed by atoms with E-state index in [0.29, 0.717) is 16.6 Å². The molecule has 0 aliphatic heterocycles. The SMILES string of the molecule is Cc1cc(C)nc(SCc2cc(=O)n(-c3ccc(F)cc3)[nH]2)n1. The van der Waals surface area contributed by atoms with Gasteiger partial charge in [-0.2, -0.15) is 0 Å². The Morgan fingerprint density at radius 3 is 2.43 bits per heavy atom. The highest BCUT2D eigenvalue weighted by molar-refractivity contribution is 7.98. The summed E-state index contributed by atoms with van der Waals surface area (Å²) in [5.74, 6) is 0.211. The lowest BCUT2D eigenvalue weighted by molar-refractivity contribution is 0.627. The zero-order valence-electron chi connectivity index (χ0n) is 12.7. The maximum atomic E-state index is 13.0. The number of thioether (sulfide) groups is 1. The number of halogens is 1. The molecule has 0 bridgehead atoms. The predicted molar refractivity (Wildman–Crippen MR) is 87.4 cm³/mol. The molecule has 0 saturated heterocycles. The molecule has 0 spiro atoms. The van der Waals surface area contributed by atoms with Gasteiger partial charge in [0, 0.05) is 28.9 Å². The molecule has 1 aromatic carbocycles. The van der Waals surface area contributed by atoms with Crippen molar-refractivity contribution in [1.82, 2.24) is 19.7 Å². The number of aromatic nitrogens is 4. The Balaban J connectivity index is 1.78. The minimum absolute atomic E-state index is 0.187. The van der Waals surface area contributed by atoms with E-state index in [4.69, 9.17) is 0 Å². The van der Waals surface area contributed by atoms with Crippen molar-refractivity contribution in [1.29, 1.82) is 0 Å². The summed E-state index contributed by atoms with van der Waals surface area (Å²) in [4.78, 5) is 20.8. The maximum Gasteiger partial charge on any atom is 0.271 e. The van der Waals surface area contributed by atoms with Gasteiger partial charge in [-0.25, -0.2) is 19.0 Å². The maximum absolute atomic E-state index is 13.0. The van der Waals surface area contributed by atoms with Crippen molar-refractivity contribution < 1.29 is 4.39 Å². The number of hydrogen-bond acceptors (Lipinski definition) is 4. The van der Waals surface area contributed by atoms with Crippen molar-refractivity contribution in [3.63, 3.8) is 0 Å². The Bertz CT molecular complexity index is 866. The van der Waals surface area contributed by atoms with Gasteiger partial charge in [-0.1, -0.05) is 11.8 Å². The Hall–Kier alpha value is -2.41. The highest BCUT2D eigenvalue weighted by Gasteiger charge is 2.07. The number of aryl methyl sites for hydroxylation is 2. The van der Waals surface area contributed by atoms with Crippen LogP contribution in [0.4, 0.5) is 4.39 Å². The van der Waals surface area contributed by atoms with Crippen LogP contribution in [0, 0.1) is 19.7 Å². The Labute approximate surface area is 136 Å². The average Bonchev–Trinajstić information content (AvgIpc) is 2.86. The second-order valence-electron chi connectivity index (χ2n) is 5.15. The first-order valence-electron chi connectivity index (χ1n) is 7.03. The molecule has 118 valence electrons. The van der Waals surface area contributed by atoms with Gasteiger partial charge < -0.3 is 0 Å². The lowest BCUT2D eigenvalue weighted by Gasteiger charge is -2.03. The van der Waals surface area contributed by atoms with Gasteiger partial charge in [0.15, 0.2) is 5.16 Å². The first-order chi connectivity index (χ1) is 11.0. The van der Waals surface area contributed by atoms with Crippen molar-refractivity contribution in [3.05, 3.63) is 69.7 Å². The van der Waals surface area contributed by atoms with E-state index in [1.165, 1.54) is 34.6 Å². The number of hydrogen-bond donors (Lipinski definition) is 1. The molecular weight excluding hydrogens is 315 g/mol. The molecule has 2 heterocycles. The number of aromatic amines is 1. The summed E-state index contributed by atoms with van der Waals surface area (Å²) in [5, 5.41) is 3.70. The van der Waals surface area contributed by atoms with Gasteiger partial charge in [0.05, 0.1) is 5.69 Å².